The molecule has 0 aliphatic rings. The van der Waals surface area contributed by atoms with Crippen molar-refractivity contribution in [3.8, 4) is 5.75 Å². The van der Waals surface area contributed by atoms with Crippen LogP contribution in [0.2, 0.25) is 0 Å². The van der Waals surface area contributed by atoms with Crippen LogP contribution in [0, 0.1) is 0 Å². The molecule has 1 heterocycles. The Kier molecular flexibility index (Phi) is 4.82. The third-order valence-corrected chi connectivity index (χ3v) is 3.80. The number of benzene rings is 2. The van der Waals surface area contributed by atoms with Crippen LogP contribution in [-0.4, -0.2) is 24.2 Å². The number of carbonyl (C=O) groups is 1. The number of furan rings is 1. The third kappa shape index (κ3) is 3.26. The Bertz CT molecular complexity index is 827. The topological polar surface area (TPSA) is 71.7 Å². The minimum atomic E-state index is -0.821. The molecule has 0 radical (unpaired) electrons. The van der Waals surface area contributed by atoms with E-state index in [9.17, 15) is 9.90 Å². The van der Waals surface area contributed by atoms with Crippen LogP contribution in [0.3, 0.4) is 0 Å². The first kappa shape index (κ1) is 16.1. The van der Waals surface area contributed by atoms with Crippen LogP contribution in [0.15, 0.2) is 59.4 Å². The van der Waals surface area contributed by atoms with Gasteiger partial charge in [0, 0.05) is 12.1 Å². The summed E-state index contributed by atoms with van der Waals surface area (Å²) in [4.78, 5) is 12.7. The molecule has 0 unspecified atom stereocenters. The average molecular weight is 325 g/mol. The van der Waals surface area contributed by atoms with E-state index in [-0.39, 0.29) is 12.5 Å². The van der Waals surface area contributed by atoms with E-state index in [1.807, 2.05) is 37.3 Å². The Morgan fingerprint density at radius 2 is 2.08 bits per heavy atom. The zero-order chi connectivity index (χ0) is 16.9. The molecule has 1 aromatic heterocycles. The van der Waals surface area contributed by atoms with Gasteiger partial charge in [0.15, 0.2) is 0 Å². The molecule has 5 heteroatoms. The molecule has 124 valence electrons. The molecule has 1 atom stereocenters. The first-order valence-corrected chi connectivity index (χ1v) is 7.83. The van der Waals surface area contributed by atoms with Crippen LogP contribution in [0.4, 0.5) is 0 Å². The highest BCUT2D eigenvalue weighted by atomic mass is 16.5. The molecule has 0 spiro atoms. The van der Waals surface area contributed by atoms with Gasteiger partial charge >= 0.3 is 0 Å². The third-order valence-electron chi connectivity index (χ3n) is 3.80. The summed E-state index contributed by atoms with van der Waals surface area (Å²) in [5, 5.41) is 14.6. The summed E-state index contributed by atoms with van der Waals surface area (Å²) in [5.41, 5.74) is 1.10. The van der Waals surface area contributed by atoms with E-state index in [1.54, 1.807) is 12.1 Å². The number of amides is 1. The molecule has 3 aromatic rings. The number of nitrogens with one attached hydrogen (secondary N) is 1. The first-order valence-electron chi connectivity index (χ1n) is 7.83. The van der Waals surface area contributed by atoms with Gasteiger partial charge in [0.1, 0.15) is 5.75 Å². The molecule has 3 rings (SSSR count). The lowest BCUT2D eigenvalue weighted by Gasteiger charge is -2.15. The fourth-order valence-corrected chi connectivity index (χ4v) is 2.62. The van der Waals surface area contributed by atoms with Crippen molar-refractivity contribution in [3.05, 3.63) is 66.1 Å². The van der Waals surface area contributed by atoms with Crippen molar-refractivity contribution in [1.29, 1.82) is 0 Å². The van der Waals surface area contributed by atoms with E-state index < -0.39 is 6.10 Å². The number of aliphatic hydroxyl groups is 1. The van der Waals surface area contributed by atoms with Gasteiger partial charge in [-0.1, -0.05) is 30.3 Å². The summed E-state index contributed by atoms with van der Waals surface area (Å²) >= 11 is 0. The van der Waals surface area contributed by atoms with Crippen molar-refractivity contribution in [3.63, 3.8) is 0 Å². The molecule has 0 bridgehead atoms. The van der Waals surface area contributed by atoms with Crippen LogP contribution < -0.4 is 10.1 Å². The predicted octanol–water partition coefficient (Wildman–Crippen LogP) is 3.29. The second-order valence-electron chi connectivity index (χ2n) is 5.38. The van der Waals surface area contributed by atoms with Crippen LogP contribution in [0.5, 0.6) is 5.75 Å². The zero-order valence-electron chi connectivity index (χ0n) is 13.4. The lowest BCUT2D eigenvalue weighted by atomic mass is 10.0. The summed E-state index contributed by atoms with van der Waals surface area (Å²) in [6.07, 6.45) is 2.12. The number of hydrogen-bond acceptors (Lipinski definition) is 4. The highest BCUT2D eigenvalue weighted by Crippen LogP contribution is 2.28. The molecule has 2 N–H and O–H groups in total. The smallest absolute Gasteiger partial charge is 0.255 e. The van der Waals surface area contributed by atoms with Crippen LogP contribution in [0.25, 0.3) is 10.8 Å². The van der Waals surface area contributed by atoms with Crippen LogP contribution >= 0.6 is 0 Å². The summed E-state index contributed by atoms with van der Waals surface area (Å²) < 4.78 is 10.6. The molecule has 0 aliphatic heterocycles. The van der Waals surface area contributed by atoms with E-state index in [4.69, 9.17) is 9.15 Å². The Balaban J connectivity index is 1.86. The maximum absolute atomic E-state index is 12.7. The summed E-state index contributed by atoms with van der Waals surface area (Å²) in [7, 11) is 0. The maximum Gasteiger partial charge on any atom is 0.255 e. The molecule has 0 saturated carbocycles. The van der Waals surface area contributed by atoms with Gasteiger partial charge in [-0.2, -0.15) is 0 Å². The van der Waals surface area contributed by atoms with Gasteiger partial charge in [0.2, 0.25) is 0 Å². The largest absolute Gasteiger partial charge is 0.493 e. The minimum Gasteiger partial charge on any atom is -0.493 e. The van der Waals surface area contributed by atoms with Gasteiger partial charge < -0.3 is 19.6 Å². The molecule has 5 nitrogen and oxygen atoms in total. The Labute approximate surface area is 139 Å². The van der Waals surface area contributed by atoms with Gasteiger partial charge in [0.25, 0.3) is 5.91 Å². The fourth-order valence-electron chi connectivity index (χ4n) is 2.62. The predicted molar refractivity (Wildman–Crippen MR) is 91.1 cm³/mol. The maximum atomic E-state index is 12.7. The molecule has 0 fully saturated rings. The Morgan fingerprint density at radius 1 is 1.25 bits per heavy atom. The minimum absolute atomic E-state index is 0.0904. The highest BCUT2D eigenvalue weighted by Gasteiger charge is 2.18. The van der Waals surface area contributed by atoms with Crippen molar-refractivity contribution < 1.29 is 19.1 Å². The summed E-state index contributed by atoms with van der Waals surface area (Å²) in [5.74, 6) is 0.254. The number of hydrogen-bond donors (Lipinski definition) is 2. The normalized spacial score (nSPS) is 12.1. The van der Waals surface area contributed by atoms with E-state index in [1.165, 1.54) is 12.5 Å². The molecule has 24 heavy (non-hydrogen) atoms. The Morgan fingerprint density at radius 3 is 2.83 bits per heavy atom. The Hall–Kier alpha value is -2.79. The van der Waals surface area contributed by atoms with Crippen molar-refractivity contribution in [1.82, 2.24) is 5.32 Å². The van der Waals surface area contributed by atoms with E-state index in [0.29, 0.717) is 23.5 Å². The quantitative estimate of drug-likeness (QED) is 0.729. The summed E-state index contributed by atoms with van der Waals surface area (Å²) in [6.45, 7) is 2.43. The number of ether oxygens (including phenoxy) is 1. The zero-order valence-corrected chi connectivity index (χ0v) is 13.4. The lowest BCUT2D eigenvalue weighted by molar-refractivity contribution is 0.0914. The number of fused-ring (bicyclic) bond motifs is 1. The highest BCUT2D eigenvalue weighted by molar-refractivity contribution is 6.09. The fraction of sp³-hybridized carbons (Fsp3) is 0.211. The molecule has 2 aromatic carbocycles. The first-order chi connectivity index (χ1) is 11.7. The monoisotopic (exact) mass is 325 g/mol. The van der Waals surface area contributed by atoms with E-state index >= 15 is 0 Å². The number of aliphatic hydroxyl groups excluding tert-OH is 1. The second kappa shape index (κ2) is 7.19. The van der Waals surface area contributed by atoms with Crippen molar-refractivity contribution in [2.75, 3.05) is 13.2 Å². The average Bonchev–Trinajstić information content (AvgIpc) is 3.14. The standard InChI is InChI=1S/C19H19NO4/c1-2-24-17-8-7-13-5-3-4-6-15(13)18(17)19(22)20-11-16(21)14-9-10-23-12-14/h3-10,12,16,21H,2,11H2,1H3,(H,20,22)/t16-/m0/s1. The van der Waals surface area contributed by atoms with Gasteiger partial charge in [0.05, 0.1) is 30.8 Å². The molecule has 1 amide bonds. The number of carbonyl (C=O) groups excluding carboxylic acids is 1. The van der Waals surface area contributed by atoms with Crippen molar-refractivity contribution >= 4 is 16.7 Å². The molecule has 0 saturated heterocycles. The summed E-state index contributed by atoms with van der Waals surface area (Å²) in [6, 6.07) is 13.0. The van der Waals surface area contributed by atoms with Gasteiger partial charge in [-0.3, -0.25) is 4.79 Å². The van der Waals surface area contributed by atoms with E-state index in [0.717, 1.165) is 10.8 Å². The van der Waals surface area contributed by atoms with Gasteiger partial charge in [-0.15, -0.1) is 0 Å². The van der Waals surface area contributed by atoms with Crippen molar-refractivity contribution in [2.24, 2.45) is 0 Å². The van der Waals surface area contributed by atoms with Crippen LogP contribution in [0.1, 0.15) is 28.9 Å². The molecular formula is C19H19NO4. The van der Waals surface area contributed by atoms with Gasteiger partial charge in [-0.25, -0.2) is 0 Å². The number of rotatable bonds is 6. The molecular weight excluding hydrogens is 306 g/mol. The molecule has 0 aliphatic carbocycles. The van der Waals surface area contributed by atoms with Crippen LogP contribution in [-0.2, 0) is 0 Å². The lowest BCUT2D eigenvalue weighted by Crippen LogP contribution is -2.28. The van der Waals surface area contributed by atoms with E-state index in [2.05, 4.69) is 5.32 Å². The van der Waals surface area contributed by atoms with Crippen molar-refractivity contribution in [2.45, 2.75) is 13.0 Å². The second-order valence-corrected chi connectivity index (χ2v) is 5.38. The SMILES string of the molecule is CCOc1ccc2ccccc2c1C(=O)NC[C@H](O)c1ccoc1. The van der Waals surface area contributed by atoms with Gasteiger partial charge in [-0.05, 0) is 29.8 Å².